The van der Waals surface area contributed by atoms with Crippen molar-refractivity contribution in [2.24, 2.45) is 0 Å². The fraction of sp³-hybridized carbons (Fsp3) is 0.214. The zero-order chi connectivity index (χ0) is 18.9. The van der Waals surface area contributed by atoms with E-state index in [1.807, 2.05) is 0 Å². The van der Waals surface area contributed by atoms with Crippen molar-refractivity contribution >= 4 is 11.6 Å². The lowest BCUT2D eigenvalue weighted by molar-refractivity contribution is -0.360. The van der Waals surface area contributed by atoms with Gasteiger partial charge in [0, 0.05) is 12.4 Å². The summed E-state index contributed by atoms with van der Waals surface area (Å²) in [7, 11) is 0. The topological polar surface area (TPSA) is 54.9 Å². The van der Waals surface area contributed by atoms with Gasteiger partial charge in [-0.3, -0.25) is 14.8 Å². The molecule has 2 rings (SSSR count). The number of carbonyl (C=O) groups is 1. The van der Waals surface area contributed by atoms with Gasteiger partial charge in [-0.2, -0.15) is 30.7 Å². The van der Waals surface area contributed by atoms with Crippen LogP contribution in [0.1, 0.15) is 16.1 Å². The quantitative estimate of drug-likeness (QED) is 0.831. The van der Waals surface area contributed by atoms with Crippen molar-refractivity contribution in [2.45, 2.75) is 18.0 Å². The Kier molecular flexibility index (Phi) is 4.69. The second-order valence-corrected chi connectivity index (χ2v) is 4.77. The molecule has 0 atom stereocenters. The van der Waals surface area contributed by atoms with Gasteiger partial charge in [-0.15, -0.1) is 0 Å². The molecule has 0 spiro atoms. The summed E-state index contributed by atoms with van der Waals surface area (Å²) >= 11 is 0. The minimum absolute atomic E-state index is 0.234. The van der Waals surface area contributed by atoms with E-state index in [9.17, 15) is 35.5 Å². The molecule has 0 aromatic carbocycles. The summed E-state index contributed by atoms with van der Waals surface area (Å²) in [5.41, 5.74) is -1.88. The number of alkyl halides is 7. The number of pyridine rings is 2. The lowest BCUT2D eigenvalue weighted by Gasteiger charge is -2.27. The van der Waals surface area contributed by atoms with E-state index in [0.29, 0.717) is 12.3 Å². The lowest BCUT2D eigenvalue weighted by atomic mass is 10.1. The maximum atomic E-state index is 13.5. The minimum atomic E-state index is -6.46. The molecule has 0 fully saturated rings. The second-order valence-electron chi connectivity index (χ2n) is 4.77. The summed E-state index contributed by atoms with van der Waals surface area (Å²) in [6.45, 7) is 0. The summed E-state index contributed by atoms with van der Waals surface area (Å²) in [5.74, 6) is -12.7. The number of hydrogen-bond donors (Lipinski definition) is 1. The summed E-state index contributed by atoms with van der Waals surface area (Å²) in [4.78, 5) is 18.4. The first kappa shape index (κ1) is 18.6. The molecule has 0 bridgehead atoms. The lowest BCUT2D eigenvalue weighted by Crippen LogP contribution is -2.50. The van der Waals surface area contributed by atoms with Crippen LogP contribution in [0.2, 0.25) is 0 Å². The molecule has 2 aromatic rings. The Balaban J connectivity index is 2.23. The number of rotatable bonds is 4. The predicted octanol–water partition coefficient (Wildman–Crippen LogP) is 4.02. The van der Waals surface area contributed by atoms with Crippen molar-refractivity contribution in [3.05, 3.63) is 54.1 Å². The predicted molar refractivity (Wildman–Crippen MR) is 71.3 cm³/mol. The molecule has 11 heteroatoms. The van der Waals surface area contributed by atoms with Gasteiger partial charge in [0.25, 0.3) is 5.91 Å². The zero-order valence-corrected chi connectivity index (χ0v) is 12.0. The number of nitrogens with zero attached hydrogens (tertiary/aromatic N) is 2. The average Bonchev–Trinajstić information content (AvgIpc) is 2.54. The number of anilines is 1. The maximum Gasteiger partial charge on any atom is 0.460 e. The van der Waals surface area contributed by atoms with Gasteiger partial charge >= 0.3 is 18.0 Å². The molecule has 0 radical (unpaired) electrons. The number of halogens is 7. The molecule has 0 aliphatic carbocycles. The van der Waals surface area contributed by atoms with Crippen molar-refractivity contribution in [2.75, 3.05) is 5.32 Å². The van der Waals surface area contributed by atoms with Crippen molar-refractivity contribution < 1.29 is 35.5 Å². The van der Waals surface area contributed by atoms with E-state index < -0.39 is 29.6 Å². The van der Waals surface area contributed by atoms with E-state index in [0.717, 1.165) is 0 Å². The van der Waals surface area contributed by atoms with Crippen molar-refractivity contribution in [3.63, 3.8) is 0 Å². The van der Waals surface area contributed by atoms with Gasteiger partial charge in [0.2, 0.25) is 0 Å². The maximum absolute atomic E-state index is 13.5. The number of hydrogen-bond acceptors (Lipinski definition) is 3. The molecule has 4 nitrogen and oxygen atoms in total. The summed E-state index contributed by atoms with van der Waals surface area (Å²) in [6, 6.07) is 3.85. The highest BCUT2D eigenvalue weighted by atomic mass is 19.4. The van der Waals surface area contributed by atoms with Crippen LogP contribution in [0.5, 0.6) is 0 Å². The third-order valence-corrected chi connectivity index (χ3v) is 3.02. The highest BCUT2D eigenvalue weighted by Gasteiger charge is 2.74. The van der Waals surface area contributed by atoms with Crippen LogP contribution in [0.3, 0.4) is 0 Å². The highest BCUT2D eigenvalue weighted by molar-refractivity contribution is 6.03. The minimum Gasteiger partial charge on any atom is -0.321 e. The normalized spacial score (nSPS) is 12.8. The van der Waals surface area contributed by atoms with Gasteiger partial charge in [-0.1, -0.05) is 0 Å². The van der Waals surface area contributed by atoms with Crippen LogP contribution in [0.25, 0.3) is 0 Å². The number of nitrogens with one attached hydrogen (secondary N) is 1. The van der Waals surface area contributed by atoms with Gasteiger partial charge in [-0.05, 0) is 24.3 Å². The molecule has 0 saturated carbocycles. The van der Waals surface area contributed by atoms with E-state index in [1.54, 1.807) is 0 Å². The molecule has 0 unspecified atom stereocenters. The molecular weight excluding hydrogens is 359 g/mol. The van der Waals surface area contributed by atoms with Crippen LogP contribution in [0.15, 0.2) is 42.9 Å². The Bertz CT molecular complexity index is 745. The van der Waals surface area contributed by atoms with Gasteiger partial charge in [0.15, 0.2) is 0 Å². The molecule has 1 N–H and O–H groups in total. The Morgan fingerprint density at radius 3 is 2.12 bits per heavy atom. The Morgan fingerprint density at radius 2 is 1.64 bits per heavy atom. The Labute approximate surface area is 135 Å². The van der Waals surface area contributed by atoms with Gasteiger partial charge < -0.3 is 5.32 Å². The molecular formula is C14H8F7N3O. The molecule has 25 heavy (non-hydrogen) atoms. The number of carbonyl (C=O) groups excluding carboxylic acids is 1. The summed E-state index contributed by atoms with van der Waals surface area (Å²) < 4.78 is 89.2. The summed E-state index contributed by atoms with van der Waals surface area (Å²) in [5, 5.41) is 2.31. The van der Waals surface area contributed by atoms with E-state index in [-0.39, 0.29) is 17.3 Å². The third-order valence-electron chi connectivity index (χ3n) is 3.02. The van der Waals surface area contributed by atoms with Crippen molar-refractivity contribution in [1.29, 1.82) is 0 Å². The van der Waals surface area contributed by atoms with Crippen LogP contribution in [-0.4, -0.2) is 28.0 Å². The van der Waals surface area contributed by atoms with E-state index in [2.05, 4.69) is 15.3 Å². The molecule has 0 aliphatic heterocycles. The van der Waals surface area contributed by atoms with E-state index in [1.165, 1.54) is 24.5 Å². The molecule has 2 heterocycles. The van der Waals surface area contributed by atoms with Crippen LogP contribution in [0, 0.1) is 0 Å². The van der Waals surface area contributed by atoms with Gasteiger partial charge in [-0.25, -0.2) is 0 Å². The third kappa shape index (κ3) is 3.54. The first-order valence-corrected chi connectivity index (χ1v) is 6.47. The first-order valence-electron chi connectivity index (χ1n) is 6.47. The second kappa shape index (κ2) is 6.30. The fourth-order valence-electron chi connectivity index (χ4n) is 1.69. The van der Waals surface area contributed by atoms with E-state index >= 15 is 0 Å². The van der Waals surface area contributed by atoms with Crippen LogP contribution >= 0.6 is 0 Å². The molecule has 1 amide bonds. The first-order chi connectivity index (χ1) is 11.5. The van der Waals surface area contributed by atoms with Crippen LogP contribution in [-0.2, 0) is 5.92 Å². The highest BCUT2D eigenvalue weighted by Crippen LogP contribution is 2.51. The SMILES string of the molecule is O=C(Nc1cccnc1)c1ccc(C(F)(F)C(F)(F)C(F)(F)F)nc1. The van der Waals surface area contributed by atoms with E-state index in [4.69, 9.17) is 0 Å². The number of aromatic nitrogens is 2. The average molecular weight is 367 g/mol. The Hall–Kier alpha value is -2.72. The zero-order valence-electron chi connectivity index (χ0n) is 12.0. The molecule has 0 saturated heterocycles. The van der Waals surface area contributed by atoms with Crippen molar-refractivity contribution in [3.8, 4) is 0 Å². The van der Waals surface area contributed by atoms with Crippen molar-refractivity contribution in [1.82, 2.24) is 9.97 Å². The Morgan fingerprint density at radius 1 is 0.960 bits per heavy atom. The van der Waals surface area contributed by atoms with Gasteiger partial charge in [0.1, 0.15) is 5.69 Å². The fourth-order valence-corrected chi connectivity index (χ4v) is 1.69. The number of amides is 1. The molecule has 134 valence electrons. The molecule has 2 aromatic heterocycles. The summed E-state index contributed by atoms with van der Waals surface area (Å²) in [6.07, 6.45) is -3.29. The largest absolute Gasteiger partial charge is 0.460 e. The van der Waals surface area contributed by atoms with Gasteiger partial charge in [0.05, 0.1) is 17.4 Å². The molecule has 0 aliphatic rings. The standard InChI is InChI=1S/C14H8F7N3O/c15-12(16,13(17,18)14(19,20)21)10-4-3-8(6-23-10)11(25)24-9-2-1-5-22-7-9/h1-7H,(H,24,25). The van der Waals surface area contributed by atoms with Crippen LogP contribution in [0.4, 0.5) is 36.4 Å². The monoisotopic (exact) mass is 367 g/mol. The van der Waals surface area contributed by atoms with Crippen LogP contribution < -0.4 is 5.32 Å². The smallest absolute Gasteiger partial charge is 0.321 e.